The van der Waals surface area contributed by atoms with Gasteiger partial charge in [-0.1, -0.05) is 30.3 Å². The van der Waals surface area contributed by atoms with Crippen LogP contribution in [0.2, 0.25) is 0 Å². The molecule has 0 unspecified atom stereocenters. The first kappa shape index (κ1) is 19.7. The minimum Gasteiger partial charge on any atom is -0.462 e. The largest absolute Gasteiger partial charge is 0.462 e. The molecule has 3 rings (SSSR count). The van der Waals surface area contributed by atoms with E-state index in [1.807, 2.05) is 43.3 Å². The van der Waals surface area contributed by atoms with Crippen molar-refractivity contribution >= 4 is 23.2 Å². The second-order valence-electron chi connectivity index (χ2n) is 6.38. The van der Waals surface area contributed by atoms with Gasteiger partial charge in [-0.15, -0.1) is 11.8 Å². The molecule has 28 heavy (non-hydrogen) atoms. The molecule has 142 valence electrons. The van der Waals surface area contributed by atoms with E-state index >= 15 is 0 Å². The molecule has 0 saturated carbocycles. The van der Waals surface area contributed by atoms with Crippen LogP contribution in [-0.4, -0.2) is 23.2 Å². The molecular weight excluding hydrogens is 372 g/mol. The summed E-state index contributed by atoms with van der Waals surface area (Å²) < 4.78 is 6.84. The fraction of sp³-hybridized carbons (Fsp3) is 0.227. The highest BCUT2D eigenvalue weighted by Crippen LogP contribution is 2.27. The molecule has 0 aliphatic heterocycles. The average molecular weight is 392 g/mol. The van der Waals surface area contributed by atoms with E-state index in [4.69, 9.17) is 4.74 Å². The van der Waals surface area contributed by atoms with Crippen LogP contribution in [0.5, 0.6) is 0 Å². The van der Waals surface area contributed by atoms with Crippen LogP contribution in [0.1, 0.15) is 33.5 Å². The Kier molecular flexibility index (Phi) is 6.17. The van der Waals surface area contributed by atoms with Crippen molar-refractivity contribution in [2.24, 2.45) is 0 Å². The van der Waals surface area contributed by atoms with Crippen molar-refractivity contribution in [3.63, 3.8) is 0 Å². The van der Waals surface area contributed by atoms with Gasteiger partial charge in [0.15, 0.2) is 0 Å². The van der Waals surface area contributed by atoms with Gasteiger partial charge in [-0.25, -0.2) is 4.79 Å². The van der Waals surface area contributed by atoms with Crippen molar-refractivity contribution in [3.05, 3.63) is 81.3 Å². The summed E-state index contributed by atoms with van der Waals surface area (Å²) in [6.07, 6.45) is 4.83. The zero-order valence-corrected chi connectivity index (χ0v) is 16.6. The molecule has 5 nitrogen and oxygen atoms in total. The fourth-order valence-corrected chi connectivity index (χ4v) is 3.82. The van der Waals surface area contributed by atoms with E-state index < -0.39 is 11.5 Å². The normalized spacial score (nSPS) is 10.6. The predicted molar refractivity (Wildman–Crippen MR) is 110 cm³/mol. The number of fused-ring (bicyclic) bond motifs is 1. The highest BCUT2D eigenvalue weighted by atomic mass is 32.2. The molecule has 6 heteroatoms. The maximum atomic E-state index is 12.9. The van der Waals surface area contributed by atoms with Gasteiger partial charge in [-0.3, -0.25) is 9.20 Å². The number of aryl methyl sites for hydroxylation is 2. The highest BCUT2D eigenvalue weighted by Gasteiger charge is 2.23. The number of esters is 1. The number of rotatable bonds is 6. The Bertz CT molecular complexity index is 1110. The monoisotopic (exact) mass is 392 g/mol. The van der Waals surface area contributed by atoms with E-state index in [1.165, 1.54) is 21.7 Å². The molecule has 1 aromatic carbocycles. The lowest BCUT2D eigenvalue weighted by atomic mass is 10.1. The number of hydrogen-bond acceptors (Lipinski definition) is 5. The minimum absolute atomic E-state index is 0.0370. The van der Waals surface area contributed by atoms with Crippen LogP contribution in [0.15, 0.2) is 58.4 Å². The third kappa shape index (κ3) is 3.95. The van der Waals surface area contributed by atoms with E-state index in [2.05, 4.69) is 0 Å². The van der Waals surface area contributed by atoms with Crippen LogP contribution >= 0.6 is 11.8 Å². The zero-order chi connectivity index (χ0) is 20.1. The predicted octanol–water partition coefficient (Wildman–Crippen LogP) is 3.99. The minimum atomic E-state index is -0.517. The summed E-state index contributed by atoms with van der Waals surface area (Å²) in [5.41, 5.74) is 2.36. The van der Waals surface area contributed by atoms with Gasteiger partial charge in [0.25, 0.3) is 5.56 Å². The molecule has 0 radical (unpaired) electrons. The Morgan fingerprint density at radius 1 is 1.25 bits per heavy atom. The molecule has 0 aliphatic carbocycles. The van der Waals surface area contributed by atoms with Crippen LogP contribution in [0.3, 0.4) is 0 Å². The Morgan fingerprint density at radius 3 is 2.68 bits per heavy atom. The van der Waals surface area contributed by atoms with Gasteiger partial charge in [0.05, 0.1) is 17.7 Å². The molecule has 2 aromatic heterocycles. The van der Waals surface area contributed by atoms with Crippen molar-refractivity contribution in [2.75, 3.05) is 12.9 Å². The number of pyridine rings is 2. The molecule has 0 amide bonds. The van der Waals surface area contributed by atoms with Crippen LogP contribution in [0, 0.1) is 18.3 Å². The molecular formula is C22H20N2O3S. The number of nitrogens with zero attached hydrogens (tertiary/aromatic N) is 2. The van der Waals surface area contributed by atoms with Crippen molar-refractivity contribution < 1.29 is 9.53 Å². The molecule has 0 N–H and O–H groups in total. The summed E-state index contributed by atoms with van der Waals surface area (Å²) in [5.74, 6) is -0.517. The van der Waals surface area contributed by atoms with Gasteiger partial charge >= 0.3 is 5.97 Å². The lowest BCUT2D eigenvalue weighted by Gasteiger charge is -2.14. The second kappa shape index (κ2) is 8.77. The van der Waals surface area contributed by atoms with Crippen molar-refractivity contribution in [3.8, 4) is 6.07 Å². The molecule has 0 aliphatic rings. The SMILES string of the molecule is CSc1c(C#N)c(=O)n2ccc(C)cc2c1C(=O)OCCCc1ccccc1. The number of hydrogen-bond donors (Lipinski definition) is 0. The maximum absolute atomic E-state index is 12.9. The smallest absolute Gasteiger partial charge is 0.341 e. The first-order valence-corrected chi connectivity index (χ1v) is 10.1. The molecule has 0 spiro atoms. The number of thioether (sulfide) groups is 1. The summed E-state index contributed by atoms with van der Waals surface area (Å²) in [5, 5.41) is 9.46. The van der Waals surface area contributed by atoms with Crippen LogP contribution < -0.4 is 5.56 Å². The van der Waals surface area contributed by atoms with E-state index in [1.54, 1.807) is 24.6 Å². The van der Waals surface area contributed by atoms with Gasteiger partial charge in [0.1, 0.15) is 11.6 Å². The second-order valence-corrected chi connectivity index (χ2v) is 7.20. The van der Waals surface area contributed by atoms with Crippen LogP contribution in [0.25, 0.3) is 5.52 Å². The quantitative estimate of drug-likeness (QED) is 0.360. The van der Waals surface area contributed by atoms with E-state index in [0.717, 1.165) is 12.0 Å². The lowest BCUT2D eigenvalue weighted by molar-refractivity contribution is 0.0498. The first-order chi connectivity index (χ1) is 13.6. The fourth-order valence-electron chi connectivity index (χ4n) is 3.09. The molecule has 0 saturated heterocycles. The topological polar surface area (TPSA) is 71.6 Å². The number of nitriles is 1. The molecule has 3 aromatic rings. The number of benzene rings is 1. The molecule has 2 heterocycles. The van der Waals surface area contributed by atoms with Gasteiger partial charge in [-0.2, -0.15) is 5.26 Å². The van der Waals surface area contributed by atoms with E-state index in [0.29, 0.717) is 16.8 Å². The number of ether oxygens (including phenoxy) is 1. The Balaban J connectivity index is 1.91. The number of carbonyl (C=O) groups is 1. The maximum Gasteiger partial charge on any atom is 0.341 e. The lowest BCUT2D eigenvalue weighted by Crippen LogP contribution is -2.22. The van der Waals surface area contributed by atoms with Crippen LogP contribution in [0.4, 0.5) is 0 Å². The average Bonchev–Trinajstić information content (AvgIpc) is 2.71. The van der Waals surface area contributed by atoms with Crippen molar-refractivity contribution in [1.82, 2.24) is 4.40 Å². The standard InChI is InChI=1S/C22H20N2O3S/c1-15-10-11-24-18(13-15)19(20(28-2)17(14-23)21(24)25)22(26)27-12-6-9-16-7-4-3-5-8-16/h3-5,7-8,10-11,13H,6,9,12H2,1-2H3. The van der Waals surface area contributed by atoms with E-state index in [-0.39, 0.29) is 17.7 Å². The number of aromatic nitrogens is 1. The molecule has 0 bridgehead atoms. The van der Waals surface area contributed by atoms with Crippen molar-refractivity contribution in [2.45, 2.75) is 24.7 Å². The number of carbonyl (C=O) groups excluding carboxylic acids is 1. The van der Waals surface area contributed by atoms with E-state index in [9.17, 15) is 14.9 Å². The summed E-state index contributed by atoms with van der Waals surface area (Å²) >= 11 is 1.21. The van der Waals surface area contributed by atoms with Crippen LogP contribution in [-0.2, 0) is 11.2 Å². The summed E-state index contributed by atoms with van der Waals surface area (Å²) in [7, 11) is 0. The Morgan fingerprint density at radius 2 is 2.00 bits per heavy atom. The van der Waals surface area contributed by atoms with Crippen molar-refractivity contribution in [1.29, 1.82) is 5.26 Å². The van der Waals surface area contributed by atoms with Gasteiger partial charge < -0.3 is 4.74 Å². The highest BCUT2D eigenvalue weighted by molar-refractivity contribution is 7.98. The Labute approximate surface area is 167 Å². The zero-order valence-electron chi connectivity index (χ0n) is 15.8. The van der Waals surface area contributed by atoms with Gasteiger partial charge in [-0.05, 0) is 49.3 Å². The third-order valence-electron chi connectivity index (χ3n) is 4.46. The molecule has 0 fully saturated rings. The summed E-state index contributed by atoms with van der Waals surface area (Å²) in [4.78, 5) is 25.9. The van der Waals surface area contributed by atoms with Gasteiger partial charge in [0.2, 0.25) is 0 Å². The third-order valence-corrected chi connectivity index (χ3v) is 5.28. The summed E-state index contributed by atoms with van der Waals surface area (Å²) in [6, 6.07) is 15.5. The first-order valence-electron chi connectivity index (χ1n) is 8.91. The summed E-state index contributed by atoms with van der Waals surface area (Å²) in [6.45, 7) is 2.15. The van der Waals surface area contributed by atoms with Gasteiger partial charge in [0, 0.05) is 11.1 Å². The Hall–Kier alpha value is -3.04. The molecule has 0 atom stereocenters.